The van der Waals surface area contributed by atoms with E-state index in [2.05, 4.69) is 17.5 Å². The van der Waals surface area contributed by atoms with E-state index in [1.807, 2.05) is 30.3 Å². The maximum Gasteiger partial charge on any atom is 0.0699 e. The van der Waals surface area contributed by atoms with Gasteiger partial charge in [0.1, 0.15) is 0 Å². The third-order valence-electron chi connectivity index (χ3n) is 3.45. The van der Waals surface area contributed by atoms with Crippen LogP contribution in [0.2, 0.25) is 0 Å². The Hall–Kier alpha value is -1.16. The first kappa shape index (κ1) is 13.3. The molecule has 0 bridgehead atoms. The molecule has 1 aromatic carbocycles. The zero-order chi connectivity index (χ0) is 12.8. The number of allylic oxidation sites excluding steroid dienone is 1. The molecular weight excluding hydrogens is 226 g/mol. The highest BCUT2D eigenvalue weighted by Crippen LogP contribution is 2.18. The number of aliphatic hydroxyl groups is 2. The van der Waals surface area contributed by atoms with Crippen molar-refractivity contribution in [1.82, 2.24) is 5.32 Å². The van der Waals surface area contributed by atoms with Crippen LogP contribution in [0.4, 0.5) is 0 Å². The third-order valence-corrected chi connectivity index (χ3v) is 3.45. The summed E-state index contributed by atoms with van der Waals surface area (Å²) in [7, 11) is 0. The average molecular weight is 247 g/mol. The topological polar surface area (TPSA) is 52.5 Å². The van der Waals surface area contributed by atoms with Crippen LogP contribution >= 0.6 is 0 Å². The van der Waals surface area contributed by atoms with Crippen molar-refractivity contribution in [3.05, 3.63) is 48.0 Å². The minimum absolute atomic E-state index is 0.0149. The lowest BCUT2D eigenvalue weighted by Crippen LogP contribution is -2.42. The van der Waals surface area contributed by atoms with Crippen LogP contribution in [0.25, 0.3) is 0 Å². The molecule has 18 heavy (non-hydrogen) atoms. The predicted octanol–water partition coefficient (Wildman–Crippen LogP) is 1.78. The number of benzene rings is 1. The molecule has 0 fully saturated rings. The Bertz CT molecular complexity index is 377. The van der Waals surface area contributed by atoms with Crippen LogP contribution in [0.1, 0.15) is 30.9 Å². The van der Waals surface area contributed by atoms with Gasteiger partial charge in [0.15, 0.2) is 0 Å². The molecular formula is C15H21NO2. The zero-order valence-electron chi connectivity index (χ0n) is 10.5. The van der Waals surface area contributed by atoms with E-state index in [-0.39, 0.29) is 24.8 Å². The van der Waals surface area contributed by atoms with E-state index in [4.69, 9.17) is 0 Å². The van der Waals surface area contributed by atoms with E-state index in [0.717, 1.165) is 24.8 Å². The first-order chi connectivity index (χ1) is 8.81. The molecule has 3 N–H and O–H groups in total. The Balaban J connectivity index is 2.03. The normalized spacial score (nSPS) is 25.7. The van der Waals surface area contributed by atoms with Crippen molar-refractivity contribution < 1.29 is 10.2 Å². The fourth-order valence-electron chi connectivity index (χ4n) is 2.36. The van der Waals surface area contributed by atoms with E-state index >= 15 is 0 Å². The van der Waals surface area contributed by atoms with Gasteiger partial charge in [-0.1, -0.05) is 42.5 Å². The molecule has 3 nitrogen and oxygen atoms in total. The third kappa shape index (κ3) is 3.42. The molecule has 0 heterocycles. The second-order valence-electron chi connectivity index (χ2n) is 4.77. The quantitative estimate of drug-likeness (QED) is 0.711. The van der Waals surface area contributed by atoms with Gasteiger partial charge in [0, 0.05) is 6.04 Å². The smallest absolute Gasteiger partial charge is 0.0699 e. The number of hydrogen-bond donors (Lipinski definition) is 3. The summed E-state index contributed by atoms with van der Waals surface area (Å²) in [5.41, 5.74) is 1.06. The van der Waals surface area contributed by atoms with Crippen LogP contribution < -0.4 is 5.32 Å². The molecule has 98 valence electrons. The second kappa shape index (κ2) is 6.69. The Morgan fingerprint density at radius 3 is 2.72 bits per heavy atom. The van der Waals surface area contributed by atoms with Gasteiger partial charge < -0.3 is 15.5 Å². The van der Waals surface area contributed by atoms with Gasteiger partial charge in [-0.25, -0.2) is 0 Å². The maximum absolute atomic E-state index is 10.1. The fourth-order valence-corrected chi connectivity index (χ4v) is 2.36. The molecule has 0 spiro atoms. The molecule has 2 rings (SSSR count). The Labute approximate surface area is 108 Å². The summed E-state index contributed by atoms with van der Waals surface area (Å²) in [5, 5.41) is 22.9. The summed E-state index contributed by atoms with van der Waals surface area (Å²) in [5.74, 6) is 0. The van der Waals surface area contributed by atoms with Crippen molar-refractivity contribution in [1.29, 1.82) is 0 Å². The molecule has 0 saturated heterocycles. The van der Waals surface area contributed by atoms with Gasteiger partial charge in [-0.15, -0.1) is 0 Å². The van der Waals surface area contributed by atoms with E-state index in [9.17, 15) is 10.2 Å². The second-order valence-corrected chi connectivity index (χ2v) is 4.77. The highest BCUT2D eigenvalue weighted by molar-refractivity contribution is 5.19. The SMILES string of the molecule is OC[C@@H](N[C@H]1CC=CCC[C@@H]1O)c1ccccc1. The Morgan fingerprint density at radius 1 is 1.22 bits per heavy atom. The number of rotatable bonds is 4. The van der Waals surface area contributed by atoms with E-state index in [0.29, 0.717) is 0 Å². The average Bonchev–Trinajstić information content (AvgIpc) is 2.62. The lowest BCUT2D eigenvalue weighted by Gasteiger charge is -2.27. The summed E-state index contributed by atoms with van der Waals surface area (Å²) >= 11 is 0. The largest absolute Gasteiger partial charge is 0.394 e. The van der Waals surface area contributed by atoms with Crippen molar-refractivity contribution in [3.8, 4) is 0 Å². The molecule has 1 aliphatic carbocycles. The van der Waals surface area contributed by atoms with Crippen molar-refractivity contribution >= 4 is 0 Å². The molecule has 0 aromatic heterocycles. The summed E-state index contributed by atoms with van der Waals surface area (Å²) < 4.78 is 0. The number of hydrogen-bond acceptors (Lipinski definition) is 3. The lowest BCUT2D eigenvalue weighted by molar-refractivity contribution is 0.107. The molecule has 1 aromatic rings. The minimum Gasteiger partial charge on any atom is -0.394 e. The van der Waals surface area contributed by atoms with Crippen molar-refractivity contribution in [3.63, 3.8) is 0 Å². The Morgan fingerprint density at radius 2 is 2.00 bits per heavy atom. The van der Waals surface area contributed by atoms with Crippen molar-refractivity contribution in [2.45, 2.75) is 37.5 Å². The molecule has 0 unspecified atom stereocenters. The summed E-state index contributed by atoms with van der Waals surface area (Å²) in [6.07, 6.45) is 6.38. The van der Waals surface area contributed by atoms with Gasteiger partial charge >= 0.3 is 0 Å². The highest BCUT2D eigenvalue weighted by Gasteiger charge is 2.22. The summed E-state index contributed by atoms with van der Waals surface area (Å²) in [6.45, 7) is 0.0386. The molecule has 1 aliphatic rings. The van der Waals surface area contributed by atoms with Gasteiger partial charge in [0.05, 0.1) is 18.8 Å². The highest BCUT2D eigenvalue weighted by atomic mass is 16.3. The van der Waals surface area contributed by atoms with Gasteiger partial charge in [-0.3, -0.25) is 0 Å². The molecule has 0 radical (unpaired) electrons. The van der Waals surface area contributed by atoms with Gasteiger partial charge in [-0.05, 0) is 24.8 Å². The summed E-state index contributed by atoms with van der Waals surface area (Å²) in [4.78, 5) is 0. The van der Waals surface area contributed by atoms with E-state index < -0.39 is 0 Å². The molecule has 0 amide bonds. The zero-order valence-corrected chi connectivity index (χ0v) is 10.5. The molecule has 3 atom stereocenters. The molecule has 0 saturated carbocycles. The van der Waals surface area contributed by atoms with Gasteiger partial charge in [0.2, 0.25) is 0 Å². The molecule has 3 heteroatoms. The number of aliphatic hydroxyl groups excluding tert-OH is 2. The van der Waals surface area contributed by atoms with Crippen LogP contribution in [0, 0.1) is 0 Å². The van der Waals surface area contributed by atoms with Crippen LogP contribution in [0.5, 0.6) is 0 Å². The minimum atomic E-state index is -0.349. The van der Waals surface area contributed by atoms with Crippen LogP contribution in [0.3, 0.4) is 0 Å². The standard InChI is InChI=1S/C15H21NO2/c17-11-14(12-7-3-1-4-8-12)16-13-9-5-2-6-10-15(13)18/h1-5,7-8,13-18H,6,9-11H2/t13-,14+,15-/m0/s1. The first-order valence-electron chi connectivity index (χ1n) is 6.56. The molecule has 0 aliphatic heterocycles. The van der Waals surface area contributed by atoms with E-state index in [1.54, 1.807) is 0 Å². The maximum atomic E-state index is 10.1. The van der Waals surface area contributed by atoms with Crippen LogP contribution in [-0.4, -0.2) is 29.0 Å². The first-order valence-corrected chi connectivity index (χ1v) is 6.56. The Kier molecular flexibility index (Phi) is 4.93. The number of nitrogens with one attached hydrogen (secondary N) is 1. The predicted molar refractivity (Wildman–Crippen MR) is 72.2 cm³/mol. The van der Waals surface area contributed by atoms with Crippen molar-refractivity contribution in [2.75, 3.05) is 6.61 Å². The van der Waals surface area contributed by atoms with Gasteiger partial charge in [-0.2, -0.15) is 0 Å². The lowest BCUT2D eigenvalue weighted by atomic mass is 10.0. The van der Waals surface area contributed by atoms with Crippen molar-refractivity contribution in [2.24, 2.45) is 0 Å². The van der Waals surface area contributed by atoms with Crippen LogP contribution in [-0.2, 0) is 0 Å². The van der Waals surface area contributed by atoms with E-state index in [1.165, 1.54) is 0 Å². The van der Waals surface area contributed by atoms with Gasteiger partial charge in [0.25, 0.3) is 0 Å². The monoisotopic (exact) mass is 247 g/mol. The summed E-state index contributed by atoms with van der Waals surface area (Å²) in [6, 6.07) is 9.77. The fraction of sp³-hybridized carbons (Fsp3) is 0.467. The van der Waals surface area contributed by atoms with Crippen LogP contribution in [0.15, 0.2) is 42.5 Å².